The van der Waals surface area contributed by atoms with Crippen molar-refractivity contribution >= 4 is 23.2 Å². The SMILES string of the molecule is CCN(C(=O)c1c(C)cc(Cl)nc1OC)c1ccccc1. The average Bonchev–Trinajstić information content (AvgIpc) is 2.48. The van der Waals surface area contributed by atoms with Crippen molar-refractivity contribution in [2.45, 2.75) is 13.8 Å². The second-order valence-corrected chi connectivity index (χ2v) is 4.92. The number of aromatic nitrogens is 1. The van der Waals surface area contributed by atoms with Gasteiger partial charge in [-0.2, -0.15) is 0 Å². The molecular weight excluding hydrogens is 288 g/mol. The highest BCUT2D eigenvalue weighted by Gasteiger charge is 2.23. The van der Waals surface area contributed by atoms with Crippen molar-refractivity contribution in [3.8, 4) is 5.88 Å². The number of amides is 1. The molecule has 0 unspecified atom stereocenters. The predicted octanol–water partition coefficient (Wildman–Crippen LogP) is 3.72. The van der Waals surface area contributed by atoms with Gasteiger partial charge in [-0.3, -0.25) is 4.79 Å². The maximum absolute atomic E-state index is 12.9. The Morgan fingerprint density at radius 2 is 2.00 bits per heavy atom. The van der Waals surface area contributed by atoms with Gasteiger partial charge < -0.3 is 9.64 Å². The van der Waals surface area contributed by atoms with Crippen LogP contribution >= 0.6 is 11.6 Å². The van der Waals surface area contributed by atoms with E-state index in [0.717, 1.165) is 11.3 Å². The Labute approximate surface area is 129 Å². The number of halogens is 1. The summed E-state index contributed by atoms with van der Waals surface area (Å²) in [5.74, 6) is 0.0987. The van der Waals surface area contributed by atoms with E-state index in [1.54, 1.807) is 11.0 Å². The Hall–Kier alpha value is -2.07. The average molecular weight is 305 g/mol. The number of benzene rings is 1. The molecular formula is C16H17ClN2O2. The number of aryl methyl sites for hydroxylation is 1. The van der Waals surface area contributed by atoms with Crippen molar-refractivity contribution in [1.82, 2.24) is 4.98 Å². The lowest BCUT2D eigenvalue weighted by Gasteiger charge is -2.22. The van der Waals surface area contributed by atoms with E-state index in [9.17, 15) is 4.79 Å². The van der Waals surface area contributed by atoms with Gasteiger partial charge in [-0.25, -0.2) is 4.98 Å². The van der Waals surface area contributed by atoms with Crippen molar-refractivity contribution in [3.63, 3.8) is 0 Å². The molecule has 0 N–H and O–H groups in total. The molecule has 0 aliphatic heterocycles. The number of rotatable bonds is 4. The summed E-state index contributed by atoms with van der Waals surface area (Å²) in [6.45, 7) is 4.30. The summed E-state index contributed by atoms with van der Waals surface area (Å²) in [6.07, 6.45) is 0. The Kier molecular flexibility index (Phi) is 4.81. The lowest BCUT2D eigenvalue weighted by molar-refractivity contribution is 0.0984. The van der Waals surface area contributed by atoms with Gasteiger partial charge in [0.15, 0.2) is 0 Å². The van der Waals surface area contributed by atoms with E-state index in [4.69, 9.17) is 16.3 Å². The molecule has 0 radical (unpaired) electrons. The molecule has 0 saturated carbocycles. The molecule has 0 fully saturated rings. The summed E-state index contributed by atoms with van der Waals surface area (Å²) < 4.78 is 5.22. The number of nitrogens with zero attached hydrogens (tertiary/aromatic N) is 2. The standard InChI is InChI=1S/C16H17ClN2O2/c1-4-19(12-8-6-5-7-9-12)16(20)14-11(2)10-13(17)18-15(14)21-3/h5-10H,4H2,1-3H3. The molecule has 5 heteroatoms. The van der Waals surface area contributed by atoms with Crippen molar-refractivity contribution < 1.29 is 9.53 Å². The molecule has 110 valence electrons. The fourth-order valence-electron chi connectivity index (χ4n) is 2.20. The predicted molar refractivity (Wildman–Crippen MR) is 84.3 cm³/mol. The first-order valence-electron chi connectivity index (χ1n) is 6.66. The minimum Gasteiger partial charge on any atom is -0.480 e. The van der Waals surface area contributed by atoms with Crippen LogP contribution in [0, 0.1) is 6.92 Å². The smallest absolute Gasteiger partial charge is 0.264 e. The largest absolute Gasteiger partial charge is 0.480 e. The molecule has 0 atom stereocenters. The summed E-state index contributed by atoms with van der Waals surface area (Å²) in [7, 11) is 1.48. The Balaban J connectivity index is 2.48. The first-order chi connectivity index (χ1) is 10.1. The molecule has 1 aromatic carbocycles. The van der Waals surface area contributed by atoms with E-state index in [1.807, 2.05) is 44.2 Å². The molecule has 2 aromatic rings. The molecule has 0 aliphatic rings. The Morgan fingerprint density at radius 3 is 2.57 bits per heavy atom. The molecule has 4 nitrogen and oxygen atoms in total. The van der Waals surface area contributed by atoms with Gasteiger partial charge >= 0.3 is 0 Å². The van der Waals surface area contributed by atoms with Crippen LogP contribution in [0.25, 0.3) is 0 Å². The molecule has 0 aliphatic carbocycles. The third-order valence-electron chi connectivity index (χ3n) is 3.19. The van der Waals surface area contributed by atoms with Gasteiger partial charge in [-0.15, -0.1) is 0 Å². The lowest BCUT2D eigenvalue weighted by Crippen LogP contribution is -2.31. The van der Waals surface area contributed by atoms with Gasteiger partial charge in [0.1, 0.15) is 10.7 Å². The summed E-state index contributed by atoms with van der Waals surface area (Å²) in [5.41, 5.74) is 2.01. The van der Waals surface area contributed by atoms with E-state index >= 15 is 0 Å². The Morgan fingerprint density at radius 1 is 1.33 bits per heavy atom. The minimum absolute atomic E-state index is 0.151. The molecule has 1 heterocycles. The normalized spacial score (nSPS) is 10.3. The zero-order chi connectivity index (χ0) is 15.4. The fraction of sp³-hybridized carbons (Fsp3) is 0.250. The van der Waals surface area contributed by atoms with Crippen LogP contribution in [0.15, 0.2) is 36.4 Å². The van der Waals surface area contributed by atoms with Crippen LogP contribution in [0.4, 0.5) is 5.69 Å². The molecule has 21 heavy (non-hydrogen) atoms. The topological polar surface area (TPSA) is 42.4 Å². The number of hydrogen-bond donors (Lipinski definition) is 0. The van der Waals surface area contributed by atoms with Gasteiger partial charge in [0.05, 0.1) is 7.11 Å². The first-order valence-corrected chi connectivity index (χ1v) is 7.04. The van der Waals surface area contributed by atoms with Crippen molar-refractivity contribution in [3.05, 3.63) is 52.7 Å². The monoisotopic (exact) mass is 304 g/mol. The number of carbonyl (C=O) groups is 1. The second-order valence-electron chi connectivity index (χ2n) is 4.53. The van der Waals surface area contributed by atoms with Gasteiger partial charge in [0, 0.05) is 12.2 Å². The van der Waals surface area contributed by atoms with Crippen LogP contribution in [0.1, 0.15) is 22.8 Å². The van der Waals surface area contributed by atoms with E-state index in [-0.39, 0.29) is 11.8 Å². The van der Waals surface area contributed by atoms with Gasteiger partial charge in [0.2, 0.25) is 5.88 Å². The van der Waals surface area contributed by atoms with Gasteiger partial charge in [-0.1, -0.05) is 29.8 Å². The van der Waals surface area contributed by atoms with E-state index in [1.165, 1.54) is 7.11 Å². The van der Waals surface area contributed by atoms with Crippen LogP contribution < -0.4 is 9.64 Å². The number of ether oxygens (including phenoxy) is 1. The highest BCUT2D eigenvalue weighted by Crippen LogP contribution is 2.26. The number of carbonyl (C=O) groups excluding carboxylic acids is 1. The van der Waals surface area contributed by atoms with Crippen molar-refractivity contribution in [2.75, 3.05) is 18.6 Å². The lowest BCUT2D eigenvalue weighted by atomic mass is 10.1. The van der Waals surface area contributed by atoms with Gasteiger partial charge in [0.25, 0.3) is 5.91 Å². The molecule has 2 rings (SSSR count). The number of hydrogen-bond acceptors (Lipinski definition) is 3. The summed E-state index contributed by atoms with van der Waals surface area (Å²) in [4.78, 5) is 18.6. The van der Waals surface area contributed by atoms with Crippen LogP contribution in [0.3, 0.4) is 0 Å². The molecule has 0 spiro atoms. The second kappa shape index (κ2) is 6.59. The minimum atomic E-state index is -0.151. The summed E-state index contributed by atoms with van der Waals surface area (Å²) >= 11 is 5.92. The number of anilines is 1. The zero-order valence-corrected chi connectivity index (χ0v) is 13.0. The van der Waals surface area contributed by atoms with E-state index < -0.39 is 0 Å². The zero-order valence-electron chi connectivity index (χ0n) is 12.3. The van der Waals surface area contributed by atoms with Crippen LogP contribution in [0.5, 0.6) is 5.88 Å². The van der Waals surface area contributed by atoms with Crippen LogP contribution in [-0.4, -0.2) is 24.5 Å². The summed E-state index contributed by atoms with van der Waals surface area (Å²) in [5, 5.41) is 0.309. The van der Waals surface area contributed by atoms with Gasteiger partial charge in [-0.05, 0) is 37.6 Å². The maximum Gasteiger partial charge on any atom is 0.264 e. The van der Waals surface area contributed by atoms with Crippen LogP contribution in [-0.2, 0) is 0 Å². The molecule has 1 aromatic heterocycles. The first kappa shape index (κ1) is 15.3. The van der Waals surface area contributed by atoms with Crippen molar-refractivity contribution in [1.29, 1.82) is 0 Å². The Bertz CT molecular complexity index is 644. The molecule has 0 bridgehead atoms. The fourth-order valence-corrected chi connectivity index (χ4v) is 2.44. The quantitative estimate of drug-likeness (QED) is 0.809. The van der Waals surface area contributed by atoms with E-state index in [0.29, 0.717) is 17.3 Å². The number of pyridine rings is 1. The third kappa shape index (κ3) is 3.16. The highest BCUT2D eigenvalue weighted by molar-refractivity contribution is 6.29. The molecule has 1 amide bonds. The van der Waals surface area contributed by atoms with E-state index in [2.05, 4.69) is 4.98 Å². The van der Waals surface area contributed by atoms with Crippen LogP contribution in [0.2, 0.25) is 5.15 Å². The number of methoxy groups -OCH3 is 1. The molecule has 0 saturated heterocycles. The maximum atomic E-state index is 12.9. The number of para-hydroxylation sites is 1. The van der Waals surface area contributed by atoms with Crippen molar-refractivity contribution in [2.24, 2.45) is 0 Å². The highest BCUT2D eigenvalue weighted by atomic mass is 35.5. The summed E-state index contributed by atoms with van der Waals surface area (Å²) in [6, 6.07) is 11.2. The third-order valence-corrected chi connectivity index (χ3v) is 3.38.